The van der Waals surface area contributed by atoms with E-state index >= 15 is 0 Å². The summed E-state index contributed by atoms with van der Waals surface area (Å²) in [6.07, 6.45) is 0.168. The third-order valence-electron chi connectivity index (χ3n) is 4.87. The molecule has 1 aliphatic heterocycles. The second-order valence-electron chi connectivity index (χ2n) is 6.67. The Balaban J connectivity index is 1.83. The van der Waals surface area contributed by atoms with Crippen molar-refractivity contribution < 1.29 is 19.1 Å². The Hall–Kier alpha value is -3.15. The largest absolute Gasteiger partial charge is 0.467 e. The maximum atomic E-state index is 12.8. The molecule has 3 amide bonds. The predicted octanol–water partition coefficient (Wildman–Crippen LogP) is 2.84. The lowest BCUT2D eigenvalue weighted by atomic mass is 9.78. The van der Waals surface area contributed by atoms with Gasteiger partial charge in [-0.2, -0.15) is 0 Å². The van der Waals surface area contributed by atoms with Crippen molar-refractivity contribution >= 4 is 17.9 Å². The summed E-state index contributed by atoms with van der Waals surface area (Å²) in [5.41, 5.74) is 0.447. The first-order valence-electron chi connectivity index (χ1n) is 8.79. The molecule has 0 saturated carbocycles. The maximum absolute atomic E-state index is 12.8. The number of benzene rings is 2. The summed E-state index contributed by atoms with van der Waals surface area (Å²) in [6.45, 7) is 1.83. The first-order valence-corrected chi connectivity index (χ1v) is 8.79. The second-order valence-corrected chi connectivity index (χ2v) is 6.67. The molecule has 27 heavy (non-hydrogen) atoms. The Labute approximate surface area is 158 Å². The monoisotopic (exact) mass is 366 g/mol. The lowest BCUT2D eigenvalue weighted by Gasteiger charge is -2.48. The molecule has 0 aromatic heterocycles. The highest BCUT2D eigenvalue weighted by Gasteiger charge is 2.60. The number of esters is 1. The van der Waals surface area contributed by atoms with Crippen molar-refractivity contribution in [2.45, 2.75) is 31.3 Å². The molecule has 6 heteroatoms. The van der Waals surface area contributed by atoms with Crippen molar-refractivity contribution in [1.82, 2.24) is 10.2 Å². The quantitative estimate of drug-likeness (QED) is 0.652. The van der Waals surface area contributed by atoms with E-state index in [9.17, 15) is 14.4 Å². The Kier molecular flexibility index (Phi) is 5.26. The Morgan fingerprint density at radius 1 is 1.11 bits per heavy atom. The molecule has 1 fully saturated rings. The SMILES string of the molecule is COC(=O)[C@@]1(Cc2ccccc2)CC(=O)N1C(=O)N[C@@H](C)c1ccccc1. The van der Waals surface area contributed by atoms with Gasteiger partial charge in [-0.25, -0.2) is 14.5 Å². The van der Waals surface area contributed by atoms with Gasteiger partial charge in [0, 0.05) is 6.42 Å². The number of methoxy groups -OCH3 is 1. The fraction of sp³-hybridized carbons (Fsp3) is 0.286. The summed E-state index contributed by atoms with van der Waals surface area (Å²) in [7, 11) is 1.26. The number of β-lactam (4-membered cyclic amide) rings is 1. The molecule has 0 unspecified atom stereocenters. The maximum Gasteiger partial charge on any atom is 0.333 e. The van der Waals surface area contributed by atoms with Crippen molar-refractivity contribution in [3.8, 4) is 0 Å². The van der Waals surface area contributed by atoms with Crippen molar-refractivity contribution in [3.05, 3.63) is 71.8 Å². The number of likely N-dealkylation sites (tertiary alicyclic amines) is 1. The smallest absolute Gasteiger partial charge is 0.333 e. The fourth-order valence-electron chi connectivity index (χ4n) is 3.44. The summed E-state index contributed by atoms with van der Waals surface area (Å²) in [5.74, 6) is -0.984. The molecule has 0 bridgehead atoms. The van der Waals surface area contributed by atoms with Gasteiger partial charge in [0.1, 0.15) is 0 Å². The van der Waals surface area contributed by atoms with Crippen LogP contribution in [0.15, 0.2) is 60.7 Å². The van der Waals surface area contributed by atoms with Gasteiger partial charge in [0.25, 0.3) is 0 Å². The fourth-order valence-corrected chi connectivity index (χ4v) is 3.44. The van der Waals surface area contributed by atoms with E-state index in [1.54, 1.807) is 0 Å². The average Bonchev–Trinajstić information content (AvgIpc) is 2.67. The minimum absolute atomic E-state index is 0.0539. The number of urea groups is 1. The van der Waals surface area contributed by atoms with Gasteiger partial charge in [0.05, 0.1) is 19.6 Å². The first-order chi connectivity index (χ1) is 13.0. The van der Waals surface area contributed by atoms with Crippen molar-refractivity contribution in [2.24, 2.45) is 0 Å². The highest BCUT2D eigenvalue weighted by molar-refractivity contribution is 6.09. The molecule has 1 N–H and O–H groups in total. The molecule has 2 aromatic carbocycles. The van der Waals surface area contributed by atoms with Gasteiger partial charge in [-0.05, 0) is 18.1 Å². The third kappa shape index (κ3) is 3.56. The molecule has 1 aliphatic rings. The van der Waals surface area contributed by atoms with Crippen LogP contribution in [0.3, 0.4) is 0 Å². The Bertz CT molecular complexity index is 838. The summed E-state index contributed by atoms with van der Waals surface area (Å²) >= 11 is 0. The standard InChI is InChI=1S/C21H22N2O4/c1-15(17-11-7-4-8-12-17)22-20(26)23-18(24)14-21(23,19(25)27-2)13-16-9-5-3-6-10-16/h3-12,15H,13-14H2,1-2H3,(H,22,26)/t15-,21+/m0/s1. The van der Waals surface area contributed by atoms with E-state index in [-0.39, 0.29) is 18.9 Å². The minimum atomic E-state index is -1.31. The van der Waals surface area contributed by atoms with Crippen LogP contribution in [0.4, 0.5) is 4.79 Å². The van der Waals surface area contributed by atoms with Crippen LogP contribution >= 0.6 is 0 Å². The zero-order valence-electron chi connectivity index (χ0n) is 15.3. The predicted molar refractivity (Wildman–Crippen MR) is 99.7 cm³/mol. The molecule has 0 aliphatic carbocycles. The molecule has 0 spiro atoms. The van der Waals surface area contributed by atoms with Crippen molar-refractivity contribution in [3.63, 3.8) is 0 Å². The molecule has 1 heterocycles. The van der Waals surface area contributed by atoms with E-state index in [1.165, 1.54) is 7.11 Å². The van der Waals surface area contributed by atoms with E-state index in [2.05, 4.69) is 5.32 Å². The van der Waals surface area contributed by atoms with Gasteiger partial charge in [0.2, 0.25) is 5.91 Å². The lowest BCUT2D eigenvalue weighted by Crippen LogP contribution is -2.72. The van der Waals surface area contributed by atoms with Gasteiger partial charge in [-0.1, -0.05) is 60.7 Å². The van der Waals surface area contributed by atoms with Gasteiger partial charge in [-0.3, -0.25) is 4.79 Å². The summed E-state index contributed by atoms with van der Waals surface area (Å²) in [6, 6.07) is 17.8. The zero-order chi connectivity index (χ0) is 19.4. The van der Waals surface area contributed by atoms with Crippen molar-refractivity contribution in [2.75, 3.05) is 7.11 Å². The van der Waals surface area contributed by atoms with E-state index < -0.39 is 23.4 Å². The molecular weight excluding hydrogens is 344 g/mol. The van der Waals surface area contributed by atoms with Crippen molar-refractivity contribution in [1.29, 1.82) is 0 Å². The molecule has 0 radical (unpaired) electrons. The van der Waals surface area contributed by atoms with Gasteiger partial charge in [0.15, 0.2) is 5.54 Å². The summed E-state index contributed by atoms with van der Waals surface area (Å²) < 4.78 is 4.94. The molecule has 1 saturated heterocycles. The minimum Gasteiger partial charge on any atom is -0.467 e. The normalized spacial score (nSPS) is 19.8. The van der Waals surface area contributed by atoms with Crippen LogP contribution in [-0.4, -0.2) is 35.5 Å². The van der Waals surface area contributed by atoms with E-state index in [4.69, 9.17) is 4.74 Å². The molecule has 2 atom stereocenters. The second kappa shape index (κ2) is 7.61. The molecule has 140 valence electrons. The third-order valence-corrected chi connectivity index (χ3v) is 4.87. The highest BCUT2D eigenvalue weighted by atomic mass is 16.5. The molecule has 3 rings (SSSR count). The van der Waals surface area contributed by atoms with Crippen LogP contribution in [0.5, 0.6) is 0 Å². The highest BCUT2D eigenvalue weighted by Crippen LogP contribution is 2.37. The van der Waals surface area contributed by atoms with Crippen LogP contribution in [-0.2, 0) is 20.7 Å². The van der Waals surface area contributed by atoms with Gasteiger partial charge in [-0.15, -0.1) is 0 Å². The molecule has 6 nitrogen and oxygen atoms in total. The number of ether oxygens (including phenoxy) is 1. The van der Waals surface area contributed by atoms with Gasteiger partial charge >= 0.3 is 12.0 Å². The van der Waals surface area contributed by atoms with Crippen LogP contribution < -0.4 is 5.32 Å². The number of nitrogens with one attached hydrogen (secondary N) is 1. The number of rotatable bonds is 5. The van der Waals surface area contributed by atoms with E-state index in [0.29, 0.717) is 0 Å². The number of amides is 3. The number of hydrogen-bond donors (Lipinski definition) is 1. The number of carbonyl (C=O) groups excluding carboxylic acids is 3. The Morgan fingerprint density at radius 2 is 1.70 bits per heavy atom. The van der Waals surface area contributed by atoms with Crippen LogP contribution in [0.1, 0.15) is 30.5 Å². The summed E-state index contributed by atoms with van der Waals surface area (Å²) in [4.78, 5) is 38.7. The van der Waals surface area contributed by atoms with Crippen LogP contribution in [0.25, 0.3) is 0 Å². The molecular formula is C21H22N2O4. The zero-order valence-corrected chi connectivity index (χ0v) is 15.3. The number of imide groups is 1. The van der Waals surface area contributed by atoms with E-state index in [1.807, 2.05) is 67.6 Å². The average molecular weight is 366 g/mol. The number of hydrogen-bond acceptors (Lipinski definition) is 4. The Morgan fingerprint density at radius 3 is 2.26 bits per heavy atom. The van der Waals surface area contributed by atoms with Gasteiger partial charge < -0.3 is 10.1 Å². The van der Waals surface area contributed by atoms with Crippen LogP contribution in [0.2, 0.25) is 0 Å². The van der Waals surface area contributed by atoms with Crippen LogP contribution in [0, 0.1) is 0 Å². The molecule has 2 aromatic rings. The summed E-state index contributed by atoms with van der Waals surface area (Å²) in [5, 5.41) is 2.81. The number of carbonyl (C=O) groups is 3. The topological polar surface area (TPSA) is 75.7 Å². The lowest BCUT2D eigenvalue weighted by molar-refractivity contribution is -0.172. The first kappa shape index (κ1) is 18.6. The van der Waals surface area contributed by atoms with E-state index in [0.717, 1.165) is 16.0 Å². The number of nitrogens with zero attached hydrogens (tertiary/aromatic N) is 1.